The highest BCUT2D eigenvalue weighted by Gasteiger charge is 2.30. The first-order chi connectivity index (χ1) is 11.7. The molecule has 3 heterocycles. The number of thioether (sulfide) groups is 1. The summed E-state index contributed by atoms with van der Waals surface area (Å²) in [6.45, 7) is 1.93. The summed E-state index contributed by atoms with van der Waals surface area (Å²) in [7, 11) is 0. The van der Waals surface area contributed by atoms with Crippen molar-refractivity contribution in [3.05, 3.63) is 16.1 Å². The maximum Gasteiger partial charge on any atom is 0.271 e. The molecule has 2 amide bonds. The van der Waals surface area contributed by atoms with Crippen molar-refractivity contribution in [3.63, 3.8) is 0 Å². The average Bonchev–Trinajstić information content (AvgIpc) is 3.32. The Morgan fingerprint density at radius 2 is 2.25 bits per heavy atom. The van der Waals surface area contributed by atoms with Crippen molar-refractivity contribution in [2.24, 2.45) is 10.1 Å². The normalized spacial score (nSPS) is 20.6. The molecular formula is C14H17N5O3S2. The monoisotopic (exact) mass is 367 g/mol. The minimum Gasteiger partial charge on any atom is -0.411 e. The molecule has 0 saturated carbocycles. The lowest BCUT2D eigenvalue weighted by molar-refractivity contribution is -0.130. The number of amides is 2. The van der Waals surface area contributed by atoms with E-state index in [-0.39, 0.29) is 30.1 Å². The van der Waals surface area contributed by atoms with Gasteiger partial charge in [-0.1, -0.05) is 5.16 Å². The van der Waals surface area contributed by atoms with Gasteiger partial charge in [-0.3, -0.25) is 14.6 Å². The van der Waals surface area contributed by atoms with E-state index in [0.717, 1.165) is 31.0 Å². The average molecular weight is 367 g/mol. The number of rotatable bonds is 5. The number of nitrogens with zero attached hydrogens (tertiary/aromatic N) is 4. The third kappa shape index (κ3) is 3.93. The Balaban J connectivity index is 1.51. The van der Waals surface area contributed by atoms with Gasteiger partial charge in [0.15, 0.2) is 0 Å². The summed E-state index contributed by atoms with van der Waals surface area (Å²) in [4.78, 5) is 34.7. The first kappa shape index (κ1) is 16.9. The number of carbonyl (C=O) groups excluding carboxylic acids is 2. The molecule has 1 aromatic rings. The quantitative estimate of drug-likeness (QED) is 0.455. The van der Waals surface area contributed by atoms with E-state index in [1.165, 1.54) is 29.3 Å². The summed E-state index contributed by atoms with van der Waals surface area (Å²) in [5.74, 6) is 0.407. The first-order valence-electron chi connectivity index (χ1n) is 7.57. The van der Waals surface area contributed by atoms with E-state index in [1.54, 1.807) is 5.38 Å². The molecule has 2 aliphatic heterocycles. The standard InChI is InChI=1S/C14H17N5O3S2/c20-13(9-7-23-12(17-9)6-16-22)15-5-11-18-10(8-24-11)14(21)19-3-1-2-4-19/h6-7,10,22H,1-5,8H2,(H,15,20)/b16-6+/t10-/m1/s1. The number of nitrogens with one attached hydrogen (secondary N) is 1. The van der Waals surface area contributed by atoms with Crippen molar-refractivity contribution in [2.45, 2.75) is 18.9 Å². The molecule has 1 aromatic heterocycles. The van der Waals surface area contributed by atoms with Gasteiger partial charge in [0.2, 0.25) is 5.91 Å². The van der Waals surface area contributed by atoms with Crippen LogP contribution in [0.2, 0.25) is 0 Å². The minimum absolute atomic E-state index is 0.0914. The predicted octanol–water partition coefficient (Wildman–Crippen LogP) is 0.817. The van der Waals surface area contributed by atoms with Gasteiger partial charge >= 0.3 is 0 Å². The molecule has 1 fully saturated rings. The molecule has 0 spiro atoms. The van der Waals surface area contributed by atoms with Crippen LogP contribution in [0.1, 0.15) is 28.3 Å². The summed E-state index contributed by atoms with van der Waals surface area (Å²) in [6, 6.07) is -0.327. The minimum atomic E-state index is -0.327. The molecule has 3 rings (SSSR count). The molecule has 0 unspecified atom stereocenters. The zero-order valence-corrected chi connectivity index (χ0v) is 14.5. The van der Waals surface area contributed by atoms with E-state index in [9.17, 15) is 9.59 Å². The Morgan fingerprint density at radius 3 is 3.00 bits per heavy atom. The van der Waals surface area contributed by atoms with Gasteiger partial charge < -0.3 is 15.4 Å². The van der Waals surface area contributed by atoms with Gasteiger partial charge in [0.05, 0.1) is 11.6 Å². The van der Waals surface area contributed by atoms with Gasteiger partial charge in [-0.05, 0) is 12.8 Å². The Kier molecular flexibility index (Phi) is 5.46. The number of thiazole rings is 1. The number of aliphatic imine (C=N–C) groups is 1. The summed E-state index contributed by atoms with van der Waals surface area (Å²) in [5.41, 5.74) is 0.267. The fraction of sp³-hybridized carbons (Fsp3) is 0.500. The Labute approximate surface area is 147 Å². The van der Waals surface area contributed by atoms with Crippen LogP contribution in [0.25, 0.3) is 0 Å². The second kappa shape index (κ2) is 7.75. The van der Waals surface area contributed by atoms with Crippen molar-refractivity contribution >= 4 is 46.2 Å². The molecular weight excluding hydrogens is 350 g/mol. The molecule has 8 nitrogen and oxygen atoms in total. The smallest absolute Gasteiger partial charge is 0.271 e. The summed E-state index contributed by atoms with van der Waals surface area (Å²) in [6.07, 6.45) is 3.30. The van der Waals surface area contributed by atoms with Crippen LogP contribution in [0.5, 0.6) is 0 Å². The molecule has 0 radical (unpaired) electrons. The van der Waals surface area contributed by atoms with E-state index < -0.39 is 0 Å². The van der Waals surface area contributed by atoms with Crippen LogP contribution in [0.3, 0.4) is 0 Å². The molecule has 1 atom stereocenters. The number of carbonyl (C=O) groups is 2. The summed E-state index contributed by atoms with van der Waals surface area (Å²) >= 11 is 2.72. The van der Waals surface area contributed by atoms with Crippen molar-refractivity contribution in [2.75, 3.05) is 25.4 Å². The van der Waals surface area contributed by atoms with Crippen molar-refractivity contribution < 1.29 is 14.8 Å². The number of aromatic nitrogens is 1. The Morgan fingerprint density at radius 1 is 1.46 bits per heavy atom. The second-order valence-corrected chi connectivity index (χ2v) is 7.36. The van der Waals surface area contributed by atoms with E-state index in [0.29, 0.717) is 10.8 Å². The fourth-order valence-corrected chi connectivity index (χ4v) is 4.14. The summed E-state index contributed by atoms with van der Waals surface area (Å²) in [5, 5.41) is 16.9. The van der Waals surface area contributed by atoms with Crippen molar-refractivity contribution in [1.29, 1.82) is 0 Å². The van der Waals surface area contributed by atoms with Crippen LogP contribution in [-0.2, 0) is 4.79 Å². The van der Waals surface area contributed by atoms with E-state index in [2.05, 4.69) is 20.4 Å². The van der Waals surface area contributed by atoms with Crippen LogP contribution in [-0.4, -0.2) is 69.6 Å². The topological polar surface area (TPSA) is 107 Å². The molecule has 2 aliphatic rings. The number of hydrogen-bond donors (Lipinski definition) is 2. The van der Waals surface area contributed by atoms with Gasteiger partial charge in [-0.2, -0.15) is 0 Å². The van der Waals surface area contributed by atoms with Crippen molar-refractivity contribution in [3.8, 4) is 0 Å². The van der Waals surface area contributed by atoms with Gasteiger partial charge in [0, 0.05) is 24.2 Å². The lowest BCUT2D eigenvalue weighted by atomic mass is 10.3. The largest absolute Gasteiger partial charge is 0.411 e. The molecule has 0 bridgehead atoms. The Bertz CT molecular complexity index is 682. The highest BCUT2D eigenvalue weighted by molar-refractivity contribution is 8.14. The first-order valence-corrected chi connectivity index (χ1v) is 9.43. The summed E-state index contributed by atoms with van der Waals surface area (Å²) < 4.78 is 0. The van der Waals surface area contributed by atoms with Gasteiger partial charge in [0.25, 0.3) is 5.91 Å². The van der Waals surface area contributed by atoms with Gasteiger partial charge in [-0.15, -0.1) is 23.1 Å². The van der Waals surface area contributed by atoms with Crippen molar-refractivity contribution in [1.82, 2.24) is 15.2 Å². The van der Waals surface area contributed by atoms with Crippen LogP contribution in [0.15, 0.2) is 15.5 Å². The zero-order valence-electron chi connectivity index (χ0n) is 12.8. The fourth-order valence-electron chi connectivity index (χ4n) is 2.54. The molecule has 24 heavy (non-hydrogen) atoms. The third-order valence-electron chi connectivity index (χ3n) is 3.73. The maximum absolute atomic E-state index is 12.3. The second-order valence-electron chi connectivity index (χ2n) is 5.38. The van der Waals surface area contributed by atoms with E-state index in [1.807, 2.05) is 4.90 Å². The maximum atomic E-state index is 12.3. The molecule has 10 heteroatoms. The molecule has 0 aromatic carbocycles. The van der Waals surface area contributed by atoms with Crippen LogP contribution >= 0.6 is 23.1 Å². The predicted molar refractivity (Wildman–Crippen MR) is 93.3 cm³/mol. The lowest BCUT2D eigenvalue weighted by Gasteiger charge is -2.17. The molecule has 0 aliphatic carbocycles. The lowest BCUT2D eigenvalue weighted by Crippen LogP contribution is -2.36. The molecule has 2 N–H and O–H groups in total. The van der Waals surface area contributed by atoms with Crippen LogP contribution in [0, 0.1) is 0 Å². The van der Waals surface area contributed by atoms with E-state index >= 15 is 0 Å². The van der Waals surface area contributed by atoms with Crippen LogP contribution < -0.4 is 5.32 Å². The number of oxime groups is 1. The van der Waals surface area contributed by atoms with E-state index in [4.69, 9.17) is 5.21 Å². The van der Waals surface area contributed by atoms with Crippen LogP contribution in [0.4, 0.5) is 0 Å². The Hall–Kier alpha value is -1.94. The molecule has 128 valence electrons. The zero-order chi connectivity index (χ0) is 16.9. The van der Waals surface area contributed by atoms with Gasteiger partial charge in [0.1, 0.15) is 23.0 Å². The van der Waals surface area contributed by atoms with Gasteiger partial charge in [-0.25, -0.2) is 4.98 Å². The number of hydrogen-bond acceptors (Lipinski definition) is 8. The highest BCUT2D eigenvalue weighted by atomic mass is 32.2. The highest BCUT2D eigenvalue weighted by Crippen LogP contribution is 2.21. The SMILES string of the molecule is O=C(NCC1=N[C@@H](C(=O)N2CCCC2)CS1)c1csc(/C=N/O)n1. The third-order valence-corrected chi connectivity index (χ3v) is 5.58. The molecule has 1 saturated heterocycles. The number of likely N-dealkylation sites (tertiary alicyclic amines) is 1.